The third-order valence-corrected chi connectivity index (χ3v) is 6.57. The molecule has 2 saturated carbocycles. The molecule has 4 unspecified atom stereocenters. The predicted octanol–water partition coefficient (Wildman–Crippen LogP) is 4.70. The van der Waals surface area contributed by atoms with Gasteiger partial charge in [0.1, 0.15) is 6.10 Å². The fourth-order valence-corrected chi connectivity index (χ4v) is 4.91. The molecule has 0 heterocycles. The molecule has 2 bridgehead atoms. The van der Waals surface area contributed by atoms with Crippen LogP contribution in [-0.2, 0) is 9.53 Å². The monoisotopic (exact) mass is 298 g/mol. The highest BCUT2D eigenvalue weighted by Crippen LogP contribution is 2.68. The van der Waals surface area contributed by atoms with E-state index in [0.29, 0.717) is 11.8 Å². The summed E-state index contributed by atoms with van der Waals surface area (Å²) in [6.45, 7) is 9.23. The van der Waals surface area contributed by atoms with Gasteiger partial charge in [-0.25, -0.2) is 4.79 Å². The molecule has 3 rings (SSSR count). The standard InChI is InChI=1S/C20H26O2/c1-14-16-12-13-20(4,19(16,2)3)18(14)22-17(21)11-10-15-8-6-5-7-9-15/h5-11,14,16,18H,12-13H2,1-4H3/b11-10+. The molecule has 0 saturated heterocycles. The Labute approximate surface area is 133 Å². The quantitative estimate of drug-likeness (QED) is 0.597. The van der Waals surface area contributed by atoms with Crippen molar-refractivity contribution in [3.8, 4) is 0 Å². The summed E-state index contributed by atoms with van der Waals surface area (Å²) in [7, 11) is 0. The van der Waals surface area contributed by atoms with E-state index in [-0.39, 0.29) is 22.9 Å². The maximum Gasteiger partial charge on any atom is 0.331 e. The second-order valence-electron chi connectivity index (χ2n) is 7.74. The van der Waals surface area contributed by atoms with Gasteiger partial charge in [0.2, 0.25) is 0 Å². The third-order valence-electron chi connectivity index (χ3n) is 6.57. The van der Waals surface area contributed by atoms with E-state index < -0.39 is 0 Å². The number of benzene rings is 1. The van der Waals surface area contributed by atoms with Gasteiger partial charge in [-0.1, -0.05) is 58.0 Å². The molecular weight excluding hydrogens is 272 g/mol. The summed E-state index contributed by atoms with van der Waals surface area (Å²) < 4.78 is 5.89. The van der Waals surface area contributed by atoms with Crippen LogP contribution in [-0.4, -0.2) is 12.1 Å². The summed E-state index contributed by atoms with van der Waals surface area (Å²) in [6, 6.07) is 9.86. The Hall–Kier alpha value is -1.57. The van der Waals surface area contributed by atoms with Crippen molar-refractivity contribution in [1.82, 2.24) is 0 Å². The zero-order chi connectivity index (χ0) is 16.0. The second kappa shape index (κ2) is 5.26. The van der Waals surface area contributed by atoms with E-state index in [1.807, 2.05) is 36.4 Å². The van der Waals surface area contributed by atoms with Crippen molar-refractivity contribution in [3.05, 3.63) is 42.0 Å². The van der Waals surface area contributed by atoms with Crippen LogP contribution in [0.2, 0.25) is 0 Å². The molecule has 4 atom stereocenters. The summed E-state index contributed by atoms with van der Waals surface area (Å²) in [4.78, 5) is 12.2. The molecule has 2 nitrogen and oxygen atoms in total. The predicted molar refractivity (Wildman–Crippen MR) is 89.1 cm³/mol. The summed E-state index contributed by atoms with van der Waals surface area (Å²) >= 11 is 0. The summed E-state index contributed by atoms with van der Waals surface area (Å²) in [5.74, 6) is 0.890. The molecule has 118 valence electrons. The van der Waals surface area contributed by atoms with E-state index in [4.69, 9.17) is 4.74 Å². The van der Waals surface area contributed by atoms with Gasteiger partial charge in [-0.2, -0.15) is 0 Å². The molecule has 0 spiro atoms. The number of carbonyl (C=O) groups excluding carboxylic acids is 1. The largest absolute Gasteiger partial charge is 0.458 e. The van der Waals surface area contributed by atoms with Crippen molar-refractivity contribution in [2.75, 3.05) is 0 Å². The molecule has 0 amide bonds. The fourth-order valence-electron chi connectivity index (χ4n) is 4.91. The Morgan fingerprint density at radius 3 is 2.50 bits per heavy atom. The number of fused-ring (bicyclic) bond motifs is 2. The highest BCUT2D eigenvalue weighted by atomic mass is 16.5. The molecule has 2 heteroatoms. The maximum atomic E-state index is 12.2. The van der Waals surface area contributed by atoms with Crippen molar-refractivity contribution in [2.24, 2.45) is 22.7 Å². The molecule has 22 heavy (non-hydrogen) atoms. The van der Waals surface area contributed by atoms with E-state index in [1.165, 1.54) is 6.42 Å². The minimum Gasteiger partial charge on any atom is -0.458 e. The maximum absolute atomic E-state index is 12.2. The first-order chi connectivity index (χ1) is 10.4. The van der Waals surface area contributed by atoms with Crippen LogP contribution in [0.5, 0.6) is 0 Å². The normalized spacial score (nSPS) is 35.9. The fraction of sp³-hybridized carbons (Fsp3) is 0.550. The first-order valence-electron chi connectivity index (χ1n) is 8.30. The average Bonchev–Trinajstić information content (AvgIpc) is 2.80. The van der Waals surface area contributed by atoms with Gasteiger partial charge in [-0.15, -0.1) is 0 Å². The van der Waals surface area contributed by atoms with Gasteiger partial charge < -0.3 is 4.74 Å². The number of carbonyl (C=O) groups is 1. The highest BCUT2D eigenvalue weighted by Gasteiger charge is 2.66. The Balaban J connectivity index is 1.71. The summed E-state index contributed by atoms with van der Waals surface area (Å²) in [5.41, 5.74) is 1.38. The van der Waals surface area contributed by atoms with Gasteiger partial charge in [0.05, 0.1) is 0 Å². The van der Waals surface area contributed by atoms with E-state index in [0.717, 1.165) is 12.0 Å². The molecule has 0 aromatic heterocycles. The van der Waals surface area contributed by atoms with Gasteiger partial charge in [0, 0.05) is 11.5 Å². The van der Waals surface area contributed by atoms with Gasteiger partial charge >= 0.3 is 5.97 Å². The lowest BCUT2D eigenvalue weighted by Gasteiger charge is -2.39. The molecular formula is C20H26O2. The zero-order valence-corrected chi connectivity index (χ0v) is 14.0. The minimum atomic E-state index is -0.217. The number of rotatable bonds is 3. The lowest BCUT2D eigenvalue weighted by atomic mass is 9.70. The van der Waals surface area contributed by atoms with Gasteiger partial charge in [-0.05, 0) is 41.7 Å². The minimum absolute atomic E-state index is 0.0363. The Morgan fingerprint density at radius 2 is 1.91 bits per heavy atom. The Bertz CT molecular complexity index is 587. The smallest absolute Gasteiger partial charge is 0.331 e. The van der Waals surface area contributed by atoms with Crippen LogP contribution < -0.4 is 0 Å². The average molecular weight is 298 g/mol. The molecule has 1 aromatic carbocycles. The number of hydrogen-bond acceptors (Lipinski definition) is 2. The summed E-state index contributed by atoms with van der Waals surface area (Å²) in [6.07, 6.45) is 5.85. The number of hydrogen-bond donors (Lipinski definition) is 0. The topological polar surface area (TPSA) is 26.3 Å². The third kappa shape index (κ3) is 2.20. The van der Waals surface area contributed by atoms with E-state index in [2.05, 4.69) is 27.7 Å². The molecule has 2 fully saturated rings. The van der Waals surface area contributed by atoms with Crippen molar-refractivity contribution in [3.63, 3.8) is 0 Å². The SMILES string of the molecule is CC1C2CCC(C)(C1OC(=O)/C=C/c1ccccc1)C2(C)C. The van der Waals surface area contributed by atoms with Crippen molar-refractivity contribution >= 4 is 12.0 Å². The van der Waals surface area contributed by atoms with Crippen LogP contribution >= 0.6 is 0 Å². The van der Waals surface area contributed by atoms with Crippen LogP contribution in [0.4, 0.5) is 0 Å². The van der Waals surface area contributed by atoms with Crippen LogP contribution in [0, 0.1) is 22.7 Å². The Morgan fingerprint density at radius 1 is 1.23 bits per heavy atom. The van der Waals surface area contributed by atoms with E-state index in [1.54, 1.807) is 6.08 Å². The number of ether oxygens (including phenoxy) is 1. The number of esters is 1. The molecule has 0 aliphatic heterocycles. The van der Waals surface area contributed by atoms with Crippen molar-refractivity contribution in [1.29, 1.82) is 0 Å². The molecule has 1 aromatic rings. The lowest BCUT2D eigenvalue weighted by molar-refractivity contribution is -0.153. The first kappa shape index (κ1) is 15.3. The lowest BCUT2D eigenvalue weighted by Crippen LogP contribution is -2.40. The van der Waals surface area contributed by atoms with Crippen molar-refractivity contribution < 1.29 is 9.53 Å². The molecule has 2 aliphatic rings. The summed E-state index contributed by atoms with van der Waals surface area (Å²) in [5, 5.41) is 0. The highest BCUT2D eigenvalue weighted by molar-refractivity contribution is 5.87. The van der Waals surface area contributed by atoms with Gasteiger partial charge in [-0.3, -0.25) is 0 Å². The second-order valence-corrected chi connectivity index (χ2v) is 7.74. The van der Waals surface area contributed by atoms with Gasteiger partial charge in [0.25, 0.3) is 0 Å². The van der Waals surface area contributed by atoms with Crippen LogP contribution in [0.15, 0.2) is 36.4 Å². The zero-order valence-electron chi connectivity index (χ0n) is 14.0. The van der Waals surface area contributed by atoms with Crippen LogP contribution in [0.25, 0.3) is 6.08 Å². The van der Waals surface area contributed by atoms with Crippen LogP contribution in [0.1, 0.15) is 46.1 Å². The van der Waals surface area contributed by atoms with Crippen molar-refractivity contribution in [2.45, 2.75) is 46.6 Å². The van der Waals surface area contributed by atoms with E-state index >= 15 is 0 Å². The molecule has 0 N–H and O–H groups in total. The first-order valence-corrected chi connectivity index (χ1v) is 8.30. The Kier molecular flexibility index (Phi) is 3.66. The molecule has 0 radical (unpaired) electrons. The molecule has 2 aliphatic carbocycles. The van der Waals surface area contributed by atoms with Crippen LogP contribution in [0.3, 0.4) is 0 Å². The van der Waals surface area contributed by atoms with E-state index in [9.17, 15) is 4.79 Å². The van der Waals surface area contributed by atoms with Gasteiger partial charge in [0.15, 0.2) is 0 Å².